The average Bonchev–Trinajstić information content (AvgIpc) is 2.96. The maximum Gasteiger partial charge on any atom is 0.191 e. The Labute approximate surface area is 192 Å². The summed E-state index contributed by atoms with van der Waals surface area (Å²) >= 11 is 0. The Morgan fingerprint density at radius 1 is 1.17 bits per heavy atom. The second-order valence-corrected chi connectivity index (χ2v) is 7.34. The van der Waals surface area contributed by atoms with E-state index in [2.05, 4.69) is 50.5 Å². The van der Waals surface area contributed by atoms with E-state index in [0.717, 1.165) is 55.8 Å². The van der Waals surface area contributed by atoms with Crippen LogP contribution in [-0.2, 0) is 11.3 Å². The van der Waals surface area contributed by atoms with E-state index in [4.69, 9.17) is 14.8 Å². The molecule has 0 aliphatic rings. The summed E-state index contributed by atoms with van der Waals surface area (Å²) in [7, 11) is 0. The van der Waals surface area contributed by atoms with Crippen molar-refractivity contribution >= 4 is 29.9 Å². The van der Waals surface area contributed by atoms with E-state index in [1.807, 2.05) is 29.8 Å². The number of guanidine groups is 1. The van der Waals surface area contributed by atoms with Crippen molar-refractivity contribution in [2.45, 2.75) is 47.6 Å². The number of benzene rings is 1. The molecule has 29 heavy (non-hydrogen) atoms. The summed E-state index contributed by atoms with van der Waals surface area (Å²) < 4.78 is 7.62. The maximum absolute atomic E-state index is 5.63. The average molecular weight is 513 g/mol. The summed E-state index contributed by atoms with van der Waals surface area (Å²) in [6, 6.07) is 10.2. The predicted octanol–water partition coefficient (Wildman–Crippen LogP) is 4.22. The molecule has 1 heterocycles. The van der Waals surface area contributed by atoms with Gasteiger partial charge in [-0.25, -0.2) is 9.67 Å². The first-order chi connectivity index (χ1) is 13.5. The van der Waals surface area contributed by atoms with Crippen molar-refractivity contribution in [3.8, 4) is 5.69 Å². The van der Waals surface area contributed by atoms with Crippen LogP contribution >= 0.6 is 24.0 Å². The Balaban J connectivity index is 0.00000420. The predicted molar refractivity (Wildman–Crippen MR) is 132 cm³/mol. The fraction of sp³-hybridized carbons (Fsp3) is 0.545. The second kappa shape index (κ2) is 13.6. The lowest BCUT2D eigenvalue weighted by molar-refractivity contribution is 0.108. The van der Waals surface area contributed by atoms with Gasteiger partial charge in [-0.05, 0) is 45.2 Å². The molecule has 0 radical (unpaired) electrons. The SMILES string of the molecule is CCNC(=NCc1c(C)nn(-c2ccccc2)c1C)NCCCOCC(C)C.I. The first kappa shape index (κ1) is 25.4. The lowest BCUT2D eigenvalue weighted by atomic mass is 10.2. The third-order valence-corrected chi connectivity index (χ3v) is 4.39. The summed E-state index contributed by atoms with van der Waals surface area (Å²) in [6.45, 7) is 14.4. The highest BCUT2D eigenvalue weighted by atomic mass is 127. The molecule has 0 saturated heterocycles. The monoisotopic (exact) mass is 513 g/mol. The number of aliphatic imine (C=N–C) groups is 1. The molecule has 0 spiro atoms. The molecule has 0 amide bonds. The smallest absolute Gasteiger partial charge is 0.191 e. The Morgan fingerprint density at radius 3 is 2.55 bits per heavy atom. The Hall–Kier alpha value is -1.61. The quantitative estimate of drug-likeness (QED) is 0.216. The van der Waals surface area contributed by atoms with Crippen molar-refractivity contribution < 1.29 is 4.74 Å². The minimum Gasteiger partial charge on any atom is -0.381 e. The van der Waals surface area contributed by atoms with E-state index in [1.165, 1.54) is 5.56 Å². The summed E-state index contributed by atoms with van der Waals surface area (Å²) in [4.78, 5) is 4.76. The van der Waals surface area contributed by atoms with Gasteiger partial charge >= 0.3 is 0 Å². The maximum atomic E-state index is 5.63. The van der Waals surface area contributed by atoms with Crippen molar-refractivity contribution in [1.29, 1.82) is 0 Å². The molecule has 1 aromatic heterocycles. The van der Waals surface area contributed by atoms with Crippen molar-refractivity contribution in [2.75, 3.05) is 26.3 Å². The molecule has 162 valence electrons. The number of halogens is 1. The van der Waals surface area contributed by atoms with Gasteiger partial charge in [-0.3, -0.25) is 0 Å². The minimum absolute atomic E-state index is 0. The van der Waals surface area contributed by atoms with Crippen LogP contribution in [0.3, 0.4) is 0 Å². The molecule has 0 unspecified atom stereocenters. The minimum atomic E-state index is 0. The van der Waals surface area contributed by atoms with Gasteiger partial charge in [0.15, 0.2) is 5.96 Å². The van der Waals surface area contributed by atoms with Crippen molar-refractivity contribution in [3.05, 3.63) is 47.3 Å². The number of para-hydroxylation sites is 1. The topological polar surface area (TPSA) is 63.5 Å². The molecular formula is C22H36IN5O. The number of aromatic nitrogens is 2. The molecule has 2 rings (SSSR count). The Kier molecular flexibility index (Phi) is 11.9. The van der Waals surface area contributed by atoms with Crippen molar-refractivity contribution in [3.63, 3.8) is 0 Å². The first-order valence-corrected chi connectivity index (χ1v) is 10.2. The first-order valence-electron chi connectivity index (χ1n) is 10.2. The number of ether oxygens (including phenoxy) is 1. The van der Waals surface area contributed by atoms with Crippen LogP contribution in [0, 0.1) is 19.8 Å². The number of nitrogens with one attached hydrogen (secondary N) is 2. The molecule has 2 aromatic rings. The van der Waals surface area contributed by atoms with Gasteiger partial charge in [-0.2, -0.15) is 5.10 Å². The van der Waals surface area contributed by atoms with Gasteiger partial charge in [0, 0.05) is 37.6 Å². The van der Waals surface area contributed by atoms with Gasteiger partial charge in [0.2, 0.25) is 0 Å². The highest BCUT2D eigenvalue weighted by Crippen LogP contribution is 2.18. The van der Waals surface area contributed by atoms with Crippen molar-refractivity contribution in [1.82, 2.24) is 20.4 Å². The molecule has 0 fully saturated rings. The lowest BCUT2D eigenvalue weighted by Gasteiger charge is -2.12. The summed E-state index contributed by atoms with van der Waals surface area (Å²) in [6.07, 6.45) is 0.959. The Morgan fingerprint density at radius 2 is 1.90 bits per heavy atom. The molecule has 2 N–H and O–H groups in total. The molecule has 7 heteroatoms. The highest BCUT2D eigenvalue weighted by Gasteiger charge is 2.12. The van der Waals surface area contributed by atoms with Crippen LogP contribution in [0.1, 0.15) is 44.1 Å². The molecule has 0 aliphatic heterocycles. The van der Waals surface area contributed by atoms with E-state index < -0.39 is 0 Å². The molecule has 0 atom stereocenters. The largest absolute Gasteiger partial charge is 0.381 e. The van der Waals surface area contributed by atoms with Gasteiger partial charge in [0.1, 0.15) is 0 Å². The zero-order chi connectivity index (χ0) is 20.4. The van der Waals surface area contributed by atoms with E-state index in [1.54, 1.807) is 0 Å². The highest BCUT2D eigenvalue weighted by molar-refractivity contribution is 14.0. The molecule has 0 bridgehead atoms. The van der Waals surface area contributed by atoms with Gasteiger partial charge in [0.05, 0.1) is 17.9 Å². The van der Waals surface area contributed by atoms with Crippen LogP contribution in [-0.4, -0.2) is 42.0 Å². The number of nitrogens with zero attached hydrogens (tertiary/aromatic N) is 3. The molecular weight excluding hydrogens is 477 g/mol. The standard InChI is InChI=1S/C22H35N5O.HI/c1-6-23-22(24-13-10-14-28-16-17(2)3)25-15-21-18(4)26-27(19(21)5)20-11-8-7-9-12-20;/h7-9,11-12,17H,6,10,13-16H2,1-5H3,(H2,23,24,25);1H. The number of aryl methyl sites for hydroxylation is 1. The molecule has 0 aliphatic carbocycles. The van der Waals surface area contributed by atoms with E-state index in [0.29, 0.717) is 12.5 Å². The number of hydrogen-bond acceptors (Lipinski definition) is 3. The van der Waals surface area contributed by atoms with Crippen LogP contribution in [0.15, 0.2) is 35.3 Å². The number of hydrogen-bond donors (Lipinski definition) is 2. The van der Waals surface area contributed by atoms with Gasteiger partial charge in [-0.15, -0.1) is 24.0 Å². The molecule has 6 nitrogen and oxygen atoms in total. The molecule has 0 saturated carbocycles. The second-order valence-electron chi connectivity index (χ2n) is 7.34. The molecule has 1 aromatic carbocycles. The van der Waals surface area contributed by atoms with E-state index in [9.17, 15) is 0 Å². The fourth-order valence-corrected chi connectivity index (χ4v) is 2.92. The van der Waals surface area contributed by atoms with Crippen LogP contribution in [0.25, 0.3) is 5.69 Å². The third-order valence-electron chi connectivity index (χ3n) is 4.39. The fourth-order valence-electron chi connectivity index (χ4n) is 2.92. The van der Waals surface area contributed by atoms with E-state index in [-0.39, 0.29) is 24.0 Å². The summed E-state index contributed by atoms with van der Waals surface area (Å²) in [5, 5.41) is 11.4. The van der Waals surface area contributed by atoms with Crippen LogP contribution < -0.4 is 10.6 Å². The number of rotatable bonds is 10. The van der Waals surface area contributed by atoms with Gasteiger partial charge in [0.25, 0.3) is 0 Å². The van der Waals surface area contributed by atoms with Crippen LogP contribution in [0.2, 0.25) is 0 Å². The summed E-state index contributed by atoms with van der Waals surface area (Å²) in [5.41, 5.74) is 4.39. The normalized spacial score (nSPS) is 11.4. The Bertz CT molecular complexity index is 743. The zero-order valence-corrected chi connectivity index (χ0v) is 20.7. The van der Waals surface area contributed by atoms with Gasteiger partial charge < -0.3 is 15.4 Å². The van der Waals surface area contributed by atoms with Gasteiger partial charge in [-0.1, -0.05) is 32.0 Å². The van der Waals surface area contributed by atoms with Crippen LogP contribution in [0.4, 0.5) is 0 Å². The van der Waals surface area contributed by atoms with Crippen LogP contribution in [0.5, 0.6) is 0 Å². The zero-order valence-electron chi connectivity index (χ0n) is 18.4. The summed E-state index contributed by atoms with van der Waals surface area (Å²) in [5.74, 6) is 1.41. The van der Waals surface area contributed by atoms with E-state index >= 15 is 0 Å². The van der Waals surface area contributed by atoms with Crippen molar-refractivity contribution in [2.24, 2.45) is 10.9 Å². The lowest BCUT2D eigenvalue weighted by Crippen LogP contribution is -2.38. The third kappa shape index (κ3) is 8.34.